The fourth-order valence-electron chi connectivity index (χ4n) is 2.02. The molecule has 0 amide bonds. The first kappa shape index (κ1) is 10.7. The Bertz CT molecular complexity index is 362. The summed E-state index contributed by atoms with van der Waals surface area (Å²) in [5.74, 6) is 0. The van der Waals surface area contributed by atoms with Gasteiger partial charge in [0.1, 0.15) is 0 Å². The Morgan fingerprint density at radius 1 is 1.20 bits per heavy atom. The predicted octanol–water partition coefficient (Wildman–Crippen LogP) is 0.934. The summed E-state index contributed by atoms with van der Waals surface area (Å²) in [7, 11) is 0. The molecule has 0 unspecified atom stereocenters. The molecule has 0 aromatic heterocycles. The van der Waals surface area contributed by atoms with Gasteiger partial charge in [-0.1, -0.05) is 0 Å². The Morgan fingerprint density at radius 3 is 2.53 bits per heavy atom. The third kappa shape index (κ3) is 2.40. The van der Waals surface area contributed by atoms with E-state index in [2.05, 4.69) is 4.90 Å². The number of nitrogens with zero attached hydrogens (tertiary/aromatic N) is 1. The van der Waals surface area contributed by atoms with E-state index < -0.39 is 15.7 Å². The second kappa shape index (κ2) is 4.80. The molecule has 1 aliphatic rings. The third-order valence-corrected chi connectivity index (χ3v) is 3.84. The van der Waals surface area contributed by atoms with Crippen LogP contribution in [0.5, 0.6) is 0 Å². The van der Waals surface area contributed by atoms with Gasteiger partial charge >= 0.3 is 96.3 Å². The van der Waals surface area contributed by atoms with E-state index in [9.17, 15) is 3.74 Å². The molecule has 1 saturated heterocycles. The van der Waals surface area contributed by atoms with Crippen molar-refractivity contribution < 1.29 is 3.74 Å². The van der Waals surface area contributed by atoms with Crippen LogP contribution in [0.4, 0.5) is 11.4 Å². The molecule has 2 N–H and O–H groups in total. The Labute approximate surface area is 96.6 Å². The molecule has 0 saturated carbocycles. The van der Waals surface area contributed by atoms with E-state index in [1.807, 2.05) is 18.2 Å². The molecule has 1 heterocycles. The monoisotopic (exact) mass is 266 g/mol. The average Bonchev–Trinajstić information content (AvgIpc) is 2.30. The third-order valence-electron chi connectivity index (χ3n) is 2.81. The number of hydrogen-bond donors (Lipinski definition) is 1. The molecule has 0 aliphatic carbocycles. The van der Waals surface area contributed by atoms with Crippen LogP contribution in [0.2, 0.25) is 0 Å². The fraction of sp³-hybridized carbons (Fsp3) is 0.455. The van der Waals surface area contributed by atoms with Gasteiger partial charge in [0.15, 0.2) is 0 Å². The molecule has 2 rings (SSSR count). The van der Waals surface area contributed by atoms with Crippen molar-refractivity contribution in [2.45, 2.75) is 19.3 Å². The van der Waals surface area contributed by atoms with Crippen LogP contribution in [-0.4, -0.2) is 28.8 Å². The van der Waals surface area contributed by atoms with Crippen LogP contribution in [-0.2, 0) is 3.74 Å². The van der Waals surface area contributed by atoms with Crippen LogP contribution < -0.4 is 15.0 Å². The van der Waals surface area contributed by atoms with Gasteiger partial charge in [-0.15, -0.1) is 0 Å². The molecule has 1 aliphatic heterocycles. The first-order valence-corrected chi connectivity index (χ1v) is 6.99. The van der Waals surface area contributed by atoms with Gasteiger partial charge in [-0.25, -0.2) is 0 Å². The van der Waals surface area contributed by atoms with Gasteiger partial charge in [0.25, 0.3) is 0 Å². The van der Waals surface area contributed by atoms with Crippen molar-refractivity contribution in [1.82, 2.24) is 0 Å². The molecule has 0 atom stereocenters. The van der Waals surface area contributed by atoms with Crippen molar-refractivity contribution in [1.29, 1.82) is 0 Å². The summed E-state index contributed by atoms with van der Waals surface area (Å²) in [5.41, 5.74) is 7.83. The number of nitrogen functional groups attached to an aromatic ring is 1. The van der Waals surface area contributed by atoms with Crippen molar-refractivity contribution >= 4 is 31.4 Å². The SMILES string of the molecule is Nc1cc([As]=O)ccc1N1CCCCC1. The van der Waals surface area contributed by atoms with Gasteiger partial charge < -0.3 is 0 Å². The van der Waals surface area contributed by atoms with E-state index in [0.717, 1.165) is 28.8 Å². The molecule has 1 aromatic rings. The predicted molar refractivity (Wildman–Crippen MR) is 63.0 cm³/mol. The van der Waals surface area contributed by atoms with E-state index in [1.54, 1.807) is 0 Å². The minimum atomic E-state index is -0.955. The molecule has 15 heavy (non-hydrogen) atoms. The van der Waals surface area contributed by atoms with Gasteiger partial charge in [-0.3, -0.25) is 0 Å². The van der Waals surface area contributed by atoms with Crippen molar-refractivity contribution in [2.75, 3.05) is 23.7 Å². The summed E-state index contributed by atoms with van der Waals surface area (Å²) in [5, 5.41) is 0. The normalized spacial score (nSPS) is 16.9. The molecule has 0 spiro atoms. The molecule has 1 aromatic carbocycles. The average molecular weight is 266 g/mol. The molecule has 4 heteroatoms. The maximum atomic E-state index is 10.8. The van der Waals surface area contributed by atoms with Crippen LogP contribution >= 0.6 is 0 Å². The molecule has 80 valence electrons. The topological polar surface area (TPSA) is 46.3 Å². The quantitative estimate of drug-likeness (QED) is 0.640. The summed E-state index contributed by atoms with van der Waals surface area (Å²) in [6.45, 7) is 2.18. The first-order chi connectivity index (χ1) is 7.31. The van der Waals surface area contributed by atoms with Crippen molar-refractivity contribution in [3.8, 4) is 0 Å². The van der Waals surface area contributed by atoms with Crippen molar-refractivity contribution in [3.63, 3.8) is 0 Å². The molecular weight excluding hydrogens is 251 g/mol. The molecule has 0 bridgehead atoms. The van der Waals surface area contributed by atoms with Crippen LogP contribution in [0, 0.1) is 0 Å². The van der Waals surface area contributed by atoms with Crippen molar-refractivity contribution in [3.05, 3.63) is 18.2 Å². The van der Waals surface area contributed by atoms with Gasteiger partial charge in [0.2, 0.25) is 0 Å². The summed E-state index contributed by atoms with van der Waals surface area (Å²) >= 11 is -0.955. The number of piperidine rings is 1. The maximum absolute atomic E-state index is 10.8. The van der Waals surface area contributed by atoms with Gasteiger partial charge in [-0.2, -0.15) is 0 Å². The number of anilines is 2. The zero-order chi connectivity index (χ0) is 10.7. The molecule has 0 radical (unpaired) electrons. The Balaban J connectivity index is 2.23. The zero-order valence-corrected chi connectivity index (χ0v) is 10.5. The van der Waals surface area contributed by atoms with E-state index in [4.69, 9.17) is 5.73 Å². The Morgan fingerprint density at radius 2 is 1.93 bits per heavy atom. The van der Waals surface area contributed by atoms with Gasteiger partial charge in [0, 0.05) is 0 Å². The van der Waals surface area contributed by atoms with Crippen LogP contribution in [0.15, 0.2) is 18.2 Å². The first-order valence-electron chi connectivity index (χ1n) is 5.29. The second-order valence-corrected chi connectivity index (χ2v) is 5.35. The zero-order valence-electron chi connectivity index (χ0n) is 8.65. The van der Waals surface area contributed by atoms with E-state index in [1.165, 1.54) is 19.3 Å². The Kier molecular flexibility index (Phi) is 3.42. The standard InChI is InChI=1S/C11H15AsN2O/c13-10-8-9(12-15)4-5-11(10)14-6-2-1-3-7-14/h4-5,8H,1-3,6-7,13H2. The van der Waals surface area contributed by atoms with E-state index in [-0.39, 0.29) is 0 Å². The van der Waals surface area contributed by atoms with Crippen LogP contribution in [0.25, 0.3) is 0 Å². The van der Waals surface area contributed by atoms with Gasteiger partial charge in [-0.05, 0) is 0 Å². The van der Waals surface area contributed by atoms with Gasteiger partial charge in [0.05, 0.1) is 0 Å². The Hall–Kier alpha value is -0.822. The summed E-state index contributed by atoms with van der Waals surface area (Å²) in [6, 6.07) is 5.77. The molecule has 1 fully saturated rings. The van der Waals surface area contributed by atoms with Crippen LogP contribution in [0.3, 0.4) is 0 Å². The van der Waals surface area contributed by atoms with Crippen LogP contribution in [0.1, 0.15) is 19.3 Å². The van der Waals surface area contributed by atoms with E-state index >= 15 is 0 Å². The number of benzene rings is 1. The minimum absolute atomic E-state index is 0.764. The summed E-state index contributed by atoms with van der Waals surface area (Å²) in [4.78, 5) is 2.32. The number of rotatable bonds is 2. The molecular formula is C11H15AsN2O. The van der Waals surface area contributed by atoms with E-state index in [0.29, 0.717) is 0 Å². The number of hydrogen-bond acceptors (Lipinski definition) is 3. The number of nitrogens with two attached hydrogens (primary N) is 1. The van der Waals surface area contributed by atoms with Crippen molar-refractivity contribution in [2.24, 2.45) is 0 Å². The summed E-state index contributed by atoms with van der Waals surface area (Å²) < 4.78 is 11.7. The molecule has 3 nitrogen and oxygen atoms in total. The second-order valence-electron chi connectivity index (χ2n) is 3.88. The summed E-state index contributed by atoms with van der Waals surface area (Å²) in [6.07, 6.45) is 3.81. The fourth-order valence-corrected chi connectivity index (χ4v) is 2.71.